The predicted molar refractivity (Wildman–Crippen MR) is 89.2 cm³/mol. The molecule has 0 heterocycles. The van der Waals surface area contributed by atoms with Gasteiger partial charge in [-0.05, 0) is 50.1 Å². The molecule has 3 heteroatoms. The van der Waals surface area contributed by atoms with Crippen LogP contribution in [-0.2, 0) is 6.54 Å². The minimum Gasteiger partial charge on any atom is -0.370 e. The van der Waals surface area contributed by atoms with Crippen LogP contribution in [0.2, 0.25) is 0 Å². The highest BCUT2D eigenvalue weighted by Crippen LogP contribution is 2.24. The summed E-state index contributed by atoms with van der Waals surface area (Å²) in [6, 6.07) is 13.7. The van der Waals surface area contributed by atoms with Gasteiger partial charge in [-0.25, -0.2) is 0 Å². The molecule has 0 spiro atoms. The molecule has 0 amide bonds. The van der Waals surface area contributed by atoms with E-state index in [-0.39, 0.29) is 5.78 Å². The van der Waals surface area contributed by atoms with E-state index in [2.05, 4.69) is 38.1 Å². The third kappa shape index (κ3) is 3.35. The Morgan fingerprint density at radius 1 is 1.18 bits per heavy atom. The first-order chi connectivity index (χ1) is 10.4. The van der Waals surface area contributed by atoms with Crippen LogP contribution in [0.3, 0.4) is 0 Å². The highest BCUT2D eigenvalue weighted by Gasteiger charge is 2.13. The van der Waals surface area contributed by atoms with Gasteiger partial charge in [0.15, 0.2) is 5.78 Å². The number of hydrogen-bond acceptors (Lipinski definition) is 3. The molecule has 0 aliphatic carbocycles. The van der Waals surface area contributed by atoms with E-state index < -0.39 is 0 Å². The van der Waals surface area contributed by atoms with Crippen molar-refractivity contribution in [2.75, 3.05) is 11.9 Å². The number of carbonyl (C=O) groups excluding carboxylic acids is 1. The van der Waals surface area contributed by atoms with Crippen molar-refractivity contribution in [3.8, 4) is 6.07 Å². The van der Waals surface area contributed by atoms with Crippen LogP contribution in [0.4, 0.5) is 5.69 Å². The van der Waals surface area contributed by atoms with Gasteiger partial charge in [0.1, 0.15) is 0 Å². The van der Waals surface area contributed by atoms with Gasteiger partial charge < -0.3 is 4.90 Å². The molecule has 0 aliphatic rings. The van der Waals surface area contributed by atoms with Crippen LogP contribution in [-0.4, -0.2) is 12.8 Å². The average Bonchev–Trinajstić information content (AvgIpc) is 2.49. The summed E-state index contributed by atoms with van der Waals surface area (Å²) in [5.74, 6) is 0.00645. The van der Waals surface area contributed by atoms with E-state index in [0.29, 0.717) is 17.7 Å². The summed E-state index contributed by atoms with van der Waals surface area (Å²) in [6.45, 7) is 6.41. The van der Waals surface area contributed by atoms with Gasteiger partial charge in [0.25, 0.3) is 0 Å². The fourth-order valence-electron chi connectivity index (χ4n) is 2.58. The van der Waals surface area contributed by atoms with Crippen molar-refractivity contribution < 1.29 is 4.79 Å². The lowest BCUT2D eigenvalue weighted by Gasteiger charge is -2.23. The molecule has 22 heavy (non-hydrogen) atoms. The van der Waals surface area contributed by atoms with Crippen molar-refractivity contribution in [1.29, 1.82) is 5.26 Å². The zero-order chi connectivity index (χ0) is 16.3. The zero-order valence-corrected chi connectivity index (χ0v) is 13.5. The molecule has 0 fully saturated rings. The second kappa shape index (κ2) is 6.44. The van der Waals surface area contributed by atoms with Crippen LogP contribution in [0, 0.1) is 25.2 Å². The van der Waals surface area contributed by atoms with Gasteiger partial charge in [0.2, 0.25) is 0 Å². The molecule has 0 bridgehead atoms. The van der Waals surface area contributed by atoms with Crippen LogP contribution in [0.5, 0.6) is 0 Å². The maximum Gasteiger partial charge on any atom is 0.161 e. The summed E-state index contributed by atoms with van der Waals surface area (Å²) in [7, 11) is 1.95. The van der Waals surface area contributed by atoms with Gasteiger partial charge in [-0.1, -0.05) is 23.8 Å². The number of aryl methyl sites for hydroxylation is 2. The Labute approximate surface area is 131 Å². The number of hydrogen-bond donors (Lipinski definition) is 0. The summed E-state index contributed by atoms with van der Waals surface area (Å²) in [6.07, 6.45) is 0. The third-order valence-electron chi connectivity index (χ3n) is 3.82. The van der Waals surface area contributed by atoms with Crippen molar-refractivity contribution in [2.45, 2.75) is 27.3 Å². The lowest BCUT2D eigenvalue weighted by atomic mass is 10.0. The van der Waals surface area contributed by atoms with Crippen molar-refractivity contribution in [3.05, 3.63) is 64.2 Å². The SMILES string of the molecule is CC(=O)c1ccc(C#N)cc1N(C)Cc1ccc(C)cc1C. The minimum atomic E-state index is 0.00645. The molecule has 0 aliphatic heterocycles. The topological polar surface area (TPSA) is 44.1 Å². The number of Topliss-reactive ketones (excluding diaryl/α,β-unsaturated/α-hetero) is 1. The van der Waals surface area contributed by atoms with E-state index in [9.17, 15) is 4.79 Å². The molecule has 0 saturated carbocycles. The Morgan fingerprint density at radius 2 is 1.91 bits per heavy atom. The number of ketones is 1. The molecule has 0 radical (unpaired) electrons. The Balaban J connectivity index is 2.38. The monoisotopic (exact) mass is 292 g/mol. The number of anilines is 1. The average molecular weight is 292 g/mol. The summed E-state index contributed by atoms with van der Waals surface area (Å²) in [5, 5.41) is 9.08. The first-order valence-electron chi connectivity index (χ1n) is 7.24. The number of benzene rings is 2. The molecule has 0 unspecified atom stereocenters. The Morgan fingerprint density at radius 3 is 2.50 bits per heavy atom. The molecule has 0 N–H and O–H groups in total. The maximum absolute atomic E-state index is 11.8. The maximum atomic E-state index is 11.8. The molecule has 2 rings (SSSR count). The molecule has 2 aromatic rings. The first kappa shape index (κ1) is 15.8. The number of carbonyl (C=O) groups is 1. The molecule has 0 aromatic heterocycles. The third-order valence-corrected chi connectivity index (χ3v) is 3.82. The minimum absolute atomic E-state index is 0.00645. The van der Waals surface area contributed by atoms with Gasteiger partial charge >= 0.3 is 0 Å². The molecule has 2 aromatic carbocycles. The normalized spacial score (nSPS) is 10.1. The lowest BCUT2D eigenvalue weighted by Crippen LogP contribution is -2.19. The summed E-state index contributed by atoms with van der Waals surface area (Å²) in [5.41, 5.74) is 5.68. The van der Waals surface area contributed by atoms with Gasteiger partial charge in [0.05, 0.1) is 11.6 Å². The van der Waals surface area contributed by atoms with Crippen LogP contribution < -0.4 is 4.90 Å². The highest BCUT2D eigenvalue weighted by atomic mass is 16.1. The molecule has 0 atom stereocenters. The van der Waals surface area contributed by atoms with Crippen molar-refractivity contribution >= 4 is 11.5 Å². The van der Waals surface area contributed by atoms with E-state index in [1.165, 1.54) is 16.7 Å². The number of nitriles is 1. The largest absolute Gasteiger partial charge is 0.370 e. The Bertz CT molecular complexity index is 757. The van der Waals surface area contributed by atoms with Gasteiger partial charge in [-0.3, -0.25) is 4.79 Å². The second-order valence-corrected chi connectivity index (χ2v) is 5.69. The lowest BCUT2D eigenvalue weighted by molar-refractivity contribution is 0.101. The fraction of sp³-hybridized carbons (Fsp3) is 0.263. The van der Waals surface area contributed by atoms with Crippen molar-refractivity contribution in [3.63, 3.8) is 0 Å². The number of nitrogens with zero attached hydrogens (tertiary/aromatic N) is 2. The smallest absolute Gasteiger partial charge is 0.161 e. The molecular weight excluding hydrogens is 272 g/mol. The molecule has 3 nitrogen and oxygen atoms in total. The van der Waals surface area contributed by atoms with E-state index in [1.54, 1.807) is 25.1 Å². The summed E-state index contributed by atoms with van der Waals surface area (Å²) < 4.78 is 0. The van der Waals surface area contributed by atoms with Crippen molar-refractivity contribution in [1.82, 2.24) is 0 Å². The van der Waals surface area contributed by atoms with E-state index in [0.717, 1.165) is 5.69 Å². The summed E-state index contributed by atoms with van der Waals surface area (Å²) >= 11 is 0. The van der Waals surface area contributed by atoms with Crippen LogP contribution >= 0.6 is 0 Å². The quantitative estimate of drug-likeness (QED) is 0.800. The zero-order valence-electron chi connectivity index (χ0n) is 13.5. The van der Waals surface area contributed by atoms with Crippen LogP contribution in [0.15, 0.2) is 36.4 Å². The predicted octanol–water partition coefficient (Wildman–Crippen LogP) is 4.01. The first-order valence-corrected chi connectivity index (χ1v) is 7.24. The Hall–Kier alpha value is -2.60. The molecule has 0 saturated heterocycles. The van der Waals surface area contributed by atoms with E-state index in [4.69, 9.17) is 5.26 Å². The fourth-order valence-corrected chi connectivity index (χ4v) is 2.58. The number of rotatable bonds is 4. The van der Waals surface area contributed by atoms with Gasteiger partial charge in [-0.2, -0.15) is 5.26 Å². The summed E-state index contributed by atoms with van der Waals surface area (Å²) in [4.78, 5) is 13.8. The van der Waals surface area contributed by atoms with Gasteiger partial charge in [-0.15, -0.1) is 0 Å². The second-order valence-electron chi connectivity index (χ2n) is 5.69. The van der Waals surface area contributed by atoms with Crippen molar-refractivity contribution in [2.24, 2.45) is 0 Å². The van der Waals surface area contributed by atoms with E-state index >= 15 is 0 Å². The molecular formula is C19H20N2O. The standard InChI is InChI=1S/C19H20N2O/c1-13-5-7-17(14(2)9-13)12-21(4)19-10-16(11-20)6-8-18(19)15(3)22/h5-10H,12H2,1-4H3. The van der Waals surface area contributed by atoms with E-state index in [1.807, 2.05) is 11.9 Å². The Kier molecular flexibility index (Phi) is 4.62. The van der Waals surface area contributed by atoms with Crippen LogP contribution in [0.25, 0.3) is 0 Å². The molecule has 112 valence electrons. The highest BCUT2D eigenvalue weighted by molar-refractivity contribution is 6.00. The van der Waals surface area contributed by atoms with Gasteiger partial charge in [0, 0.05) is 24.8 Å². The van der Waals surface area contributed by atoms with Crippen LogP contribution in [0.1, 0.15) is 39.5 Å².